The summed E-state index contributed by atoms with van der Waals surface area (Å²) in [4.78, 5) is 10.6. The van der Waals surface area contributed by atoms with Crippen LogP contribution in [0.25, 0.3) is 0 Å². The van der Waals surface area contributed by atoms with Gasteiger partial charge in [-0.3, -0.25) is 0 Å². The summed E-state index contributed by atoms with van der Waals surface area (Å²) in [6.07, 6.45) is 3.69. The van der Waals surface area contributed by atoms with E-state index in [0.717, 1.165) is 23.7 Å². The van der Waals surface area contributed by atoms with E-state index in [1.165, 1.54) is 19.1 Å². The molecule has 5 unspecified atom stereocenters. The number of rotatable bonds is 1. The molecule has 0 radical (unpaired) electrons. The van der Waals surface area contributed by atoms with Gasteiger partial charge in [0, 0.05) is 5.92 Å². The molecule has 0 aromatic carbocycles. The number of hydrogen-bond donors (Lipinski definition) is 0. The molecule has 2 rings (SSSR count). The van der Waals surface area contributed by atoms with Gasteiger partial charge in [-0.25, -0.2) is 0 Å². The van der Waals surface area contributed by atoms with E-state index >= 15 is 0 Å². The van der Waals surface area contributed by atoms with Crippen LogP contribution >= 0.6 is 0 Å². The summed E-state index contributed by atoms with van der Waals surface area (Å²) >= 11 is 0. The highest BCUT2D eigenvalue weighted by Gasteiger charge is 2.48. The van der Waals surface area contributed by atoms with E-state index in [2.05, 4.69) is 13.8 Å². The quantitative estimate of drug-likeness (QED) is 0.526. The van der Waals surface area contributed by atoms with Gasteiger partial charge in [0.25, 0.3) is 0 Å². The highest BCUT2D eigenvalue weighted by atomic mass is 16.1. The summed E-state index contributed by atoms with van der Waals surface area (Å²) in [6, 6.07) is 0. The molecule has 11 heavy (non-hydrogen) atoms. The Balaban J connectivity index is 2.15. The van der Waals surface area contributed by atoms with E-state index in [1.807, 2.05) is 0 Å². The molecule has 1 nitrogen and oxygen atoms in total. The van der Waals surface area contributed by atoms with Crippen molar-refractivity contribution >= 4 is 6.29 Å². The van der Waals surface area contributed by atoms with Crippen LogP contribution in [0.4, 0.5) is 0 Å². The Morgan fingerprint density at radius 2 is 1.91 bits per heavy atom. The Morgan fingerprint density at radius 1 is 1.18 bits per heavy atom. The molecular weight excluding hydrogens is 136 g/mol. The fraction of sp³-hybridized carbons (Fsp3) is 0.900. The molecule has 0 N–H and O–H groups in total. The van der Waals surface area contributed by atoms with Gasteiger partial charge < -0.3 is 4.79 Å². The molecule has 0 saturated heterocycles. The molecular formula is C10H16O. The van der Waals surface area contributed by atoms with Gasteiger partial charge in [0.15, 0.2) is 0 Å². The number of carbonyl (C=O) groups excluding carboxylic acids is 1. The zero-order chi connectivity index (χ0) is 8.01. The number of fused-ring (bicyclic) bond motifs is 2. The number of hydrogen-bond acceptors (Lipinski definition) is 1. The second-order valence-electron chi connectivity index (χ2n) is 4.41. The molecule has 0 aromatic rings. The number of carbonyl (C=O) groups is 1. The molecule has 2 saturated carbocycles. The van der Waals surface area contributed by atoms with E-state index < -0.39 is 0 Å². The smallest absolute Gasteiger partial charge is 0.123 e. The van der Waals surface area contributed by atoms with Gasteiger partial charge in [0.2, 0.25) is 0 Å². The van der Waals surface area contributed by atoms with Gasteiger partial charge in [-0.1, -0.05) is 13.8 Å². The molecule has 62 valence electrons. The van der Waals surface area contributed by atoms with Crippen molar-refractivity contribution < 1.29 is 4.79 Å². The monoisotopic (exact) mass is 152 g/mol. The Labute approximate surface area is 68.2 Å². The minimum atomic E-state index is 0.409. The minimum absolute atomic E-state index is 0.409. The van der Waals surface area contributed by atoms with E-state index in [9.17, 15) is 4.79 Å². The van der Waals surface area contributed by atoms with E-state index in [-0.39, 0.29) is 0 Å². The first kappa shape index (κ1) is 7.33. The molecule has 0 aromatic heterocycles. The molecule has 2 bridgehead atoms. The van der Waals surface area contributed by atoms with Gasteiger partial charge in [0.1, 0.15) is 6.29 Å². The first-order valence-corrected chi connectivity index (χ1v) is 4.69. The van der Waals surface area contributed by atoms with Crippen molar-refractivity contribution in [1.82, 2.24) is 0 Å². The predicted octanol–water partition coefficient (Wildman–Crippen LogP) is 2.11. The average molecular weight is 152 g/mol. The topological polar surface area (TPSA) is 17.1 Å². The zero-order valence-corrected chi connectivity index (χ0v) is 7.29. The molecule has 5 atom stereocenters. The normalized spacial score (nSPS) is 54.9. The molecule has 2 aliphatic rings. The van der Waals surface area contributed by atoms with Crippen LogP contribution in [0.3, 0.4) is 0 Å². The van der Waals surface area contributed by atoms with Crippen LogP contribution in [-0.2, 0) is 4.79 Å². The third kappa shape index (κ3) is 0.863. The third-order valence-corrected chi connectivity index (χ3v) is 4.12. The van der Waals surface area contributed by atoms with Crippen LogP contribution in [0, 0.1) is 29.6 Å². The van der Waals surface area contributed by atoms with Gasteiger partial charge in [-0.2, -0.15) is 0 Å². The van der Waals surface area contributed by atoms with Crippen LogP contribution in [-0.4, -0.2) is 6.29 Å². The number of aldehydes is 1. The Hall–Kier alpha value is -0.330. The second-order valence-corrected chi connectivity index (χ2v) is 4.41. The van der Waals surface area contributed by atoms with Crippen molar-refractivity contribution in [3.63, 3.8) is 0 Å². The van der Waals surface area contributed by atoms with Gasteiger partial charge in [-0.15, -0.1) is 0 Å². The van der Waals surface area contributed by atoms with Crippen LogP contribution in [0.2, 0.25) is 0 Å². The van der Waals surface area contributed by atoms with E-state index in [1.54, 1.807) is 0 Å². The first-order valence-electron chi connectivity index (χ1n) is 4.69. The Morgan fingerprint density at radius 3 is 2.36 bits per heavy atom. The molecule has 1 heteroatoms. The van der Waals surface area contributed by atoms with Crippen LogP contribution in [0.1, 0.15) is 26.7 Å². The van der Waals surface area contributed by atoms with Crippen LogP contribution in [0.5, 0.6) is 0 Å². The fourth-order valence-corrected chi connectivity index (χ4v) is 3.15. The lowest BCUT2D eigenvalue weighted by Crippen LogP contribution is -2.24. The van der Waals surface area contributed by atoms with Crippen molar-refractivity contribution in [2.24, 2.45) is 29.6 Å². The molecule has 0 aliphatic heterocycles. The highest BCUT2D eigenvalue weighted by molar-refractivity contribution is 5.55. The van der Waals surface area contributed by atoms with E-state index in [0.29, 0.717) is 5.92 Å². The lowest BCUT2D eigenvalue weighted by molar-refractivity contribution is -0.113. The lowest BCUT2D eigenvalue weighted by atomic mass is 9.76. The second kappa shape index (κ2) is 2.33. The summed E-state index contributed by atoms with van der Waals surface area (Å²) in [5.74, 6) is 3.67. The molecule has 0 heterocycles. The highest BCUT2D eigenvalue weighted by Crippen LogP contribution is 2.54. The third-order valence-electron chi connectivity index (χ3n) is 4.12. The van der Waals surface area contributed by atoms with Crippen molar-refractivity contribution in [3.05, 3.63) is 0 Å². The average Bonchev–Trinajstić information content (AvgIpc) is 2.53. The summed E-state index contributed by atoms with van der Waals surface area (Å²) in [6.45, 7) is 4.65. The maximum Gasteiger partial charge on any atom is 0.123 e. The minimum Gasteiger partial charge on any atom is -0.303 e. The Kier molecular flexibility index (Phi) is 1.55. The van der Waals surface area contributed by atoms with Crippen molar-refractivity contribution in [3.8, 4) is 0 Å². The molecule has 0 spiro atoms. The summed E-state index contributed by atoms with van der Waals surface area (Å²) in [5.41, 5.74) is 0. The van der Waals surface area contributed by atoms with Gasteiger partial charge in [0.05, 0.1) is 0 Å². The van der Waals surface area contributed by atoms with Crippen LogP contribution < -0.4 is 0 Å². The van der Waals surface area contributed by atoms with E-state index in [4.69, 9.17) is 0 Å². The Bertz CT molecular complexity index is 174. The molecule has 2 aliphatic carbocycles. The standard InChI is InChI=1S/C10H16O/c1-6-7(2)10-4-8(6)3-9(10)5-11/h5-10H,3-4H2,1-2H3. The van der Waals surface area contributed by atoms with Crippen molar-refractivity contribution in [1.29, 1.82) is 0 Å². The zero-order valence-electron chi connectivity index (χ0n) is 7.29. The maximum atomic E-state index is 10.6. The summed E-state index contributed by atoms with van der Waals surface area (Å²) in [7, 11) is 0. The fourth-order valence-electron chi connectivity index (χ4n) is 3.15. The summed E-state index contributed by atoms with van der Waals surface area (Å²) < 4.78 is 0. The predicted molar refractivity (Wildman–Crippen MR) is 44.1 cm³/mol. The molecule has 2 fully saturated rings. The van der Waals surface area contributed by atoms with Crippen LogP contribution in [0.15, 0.2) is 0 Å². The van der Waals surface area contributed by atoms with Crippen molar-refractivity contribution in [2.45, 2.75) is 26.7 Å². The first-order chi connectivity index (χ1) is 5.24. The van der Waals surface area contributed by atoms with Gasteiger partial charge in [-0.05, 0) is 36.5 Å². The maximum absolute atomic E-state index is 10.6. The summed E-state index contributed by atoms with van der Waals surface area (Å²) in [5, 5.41) is 0. The largest absolute Gasteiger partial charge is 0.303 e. The lowest BCUT2D eigenvalue weighted by Gasteiger charge is -2.28. The molecule has 0 amide bonds. The van der Waals surface area contributed by atoms with Crippen molar-refractivity contribution in [2.75, 3.05) is 0 Å². The SMILES string of the molecule is CC1C2CC(C=O)C(C2)C1C. The van der Waals surface area contributed by atoms with Gasteiger partial charge >= 0.3 is 0 Å².